The number of pyridine rings is 1. The van der Waals surface area contributed by atoms with Crippen LogP contribution in [-0.4, -0.2) is 73.6 Å². The van der Waals surface area contributed by atoms with Crippen LogP contribution in [0.3, 0.4) is 0 Å². The van der Waals surface area contributed by atoms with Gasteiger partial charge in [0.1, 0.15) is 35.4 Å². The Balaban J connectivity index is 1.02. The molecule has 2 aliphatic rings. The van der Waals surface area contributed by atoms with E-state index in [0.29, 0.717) is 30.3 Å². The number of hydrogen-bond donors (Lipinski definition) is 0. The van der Waals surface area contributed by atoms with E-state index in [0.717, 1.165) is 61.9 Å². The molecular formula is C33H33FN4O3. The first-order chi connectivity index (χ1) is 20.0. The number of likely N-dealkylation sites (N-methyl/N-ethyl adjacent to an activating group) is 1. The second-order valence-electron chi connectivity index (χ2n) is 10.4. The third-order valence-corrected chi connectivity index (χ3v) is 7.66. The van der Waals surface area contributed by atoms with Gasteiger partial charge in [-0.1, -0.05) is 12.1 Å². The molecule has 6 rings (SSSR count). The SMILES string of the molecule is CN1CCOc2cc(CCN3CCN(C(=O)c4cccc(-c5ccc(Oc6ccc(F)cc6)cc5)n4)CC3)ccc21. The Labute approximate surface area is 239 Å². The lowest BCUT2D eigenvalue weighted by Crippen LogP contribution is -2.49. The van der Waals surface area contributed by atoms with E-state index in [1.807, 2.05) is 41.3 Å². The van der Waals surface area contributed by atoms with Crippen molar-refractivity contribution in [2.45, 2.75) is 6.42 Å². The Morgan fingerprint density at radius 3 is 2.39 bits per heavy atom. The van der Waals surface area contributed by atoms with Gasteiger partial charge in [-0.15, -0.1) is 0 Å². The van der Waals surface area contributed by atoms with E-state index in [1.165, 1.54) is 17.7 Å². The topological polar surface area (TPSA) is 58.1 Å². The maximum absolute atomic E-state index is 13.3. The highest BCUT2D eigenvalue weighted by Gasteiger charge is 2.23. The quantitative estimate of drug-likeness (QED) is 0.302. The number of rotatable bonds is 7. The Bertz CT molecular complexity index is 1500. The van der Waals surface area contributed by atoms with Gasteiger partial charge in [0.05, 0.1) is 17.9 Å². The third kappa shape index (κ3) is 6.33. The lowest BCUT2D eigenvalue weighted by atomic mass is 10.1. The molecule has 0 radical (unpaired) electrons. The Hall–Kier alpha value is -4.43. The maximum atomic E-state index is 13.3. The summed E-state index contributed by atoms with van der Waals surface area (Å²) in [5.74, 6) is 1.82. The molecule has 1 saturated heterocycles. The minimum Gasteiger partial charge on any atom is -0.490 e. The molecule has 0 saturated carbocycles. The first-order valence-electron chi connectivity index (χ1n) is 14.0. The molecule has 8 heteroatoms. The van der Waals surface area contributed by atoms with Gasteiger partial charge in [-0.2, -0.15) is 0 Å². The standard InChI is InChI=1S/C33H33FN4O3/c1-36-21-22-40-32-23-24(5-14-31(32)36)15-16-37-17-19-38(20-18-37)33(39)30-4-2-3-29(35-30)25-6-10-27(11-7-25)41-28-12-8-26(34)9-13-28/h2-14,23H,15-22H2,1H3. The molecule has 0 spiro atoms. The zero-order valence-electron chi connectivity index (χ0n) is 23.1. The number of amides is 1. The van der Waals surface area contributed by atoms with Gasteiger partial charge in [0.2, 0.25) is 0 Å². The summed E-state index contributed by atoms with van der Waals surface area (Å²) in [7, 11) is 2.10. The Morgan fingerprint density at radius 2 is 1.63 bits per heavy atom. The van der Waals surface area contributed by atoms with Crippen molar-refractivity contribution >= 4 is 11.6 Å². The lowest BCUT2D eigenvalue weighted by molar-refractivity contribution is 0.0633. The number of hydrogen-bond acceptors (Lipinski definition) is 6. The summed E-state index contributed by atoms with van der Waals surface area (Å²) in [5.41, 5.74) is 4.48. The zero-order valence-corrected chi connectivity index (χ0v) is 23.1. The van der Waals surface area contributed by atoms with Crippen LogP contribution >= 0.6 is 0 Å². The van der Waals surface area contributed by atoms with Crippen LogP contribution in [0.1, 0.15) is 16.1 Å². The Kier molecular flexibility index (Phi) is 7.82. The molecule has 0 N–H and O–H groups in total. The third-order valence-electron chi connectivity index (χ3n) is 7.66. The summed E-state index contributed by atoms with van der Waals surface area (Å²) in [6.07, 6.45) is 0.950. The van der Waals surface area contributed by atoms with Crippen molar-refractivity contribution in [2.75, 3.05) is 57.8 Å². The van der Waals surface area contributed by atoms with Gasteiger partial charge < -0.3 is 19.3 Å². The predicted molar refractivity (Wildman–Crippen MR) is 157 cm³/mol. The number of benzene rings is 3. The van der Waals surface area contributed by atoms with Gasteiger partial charge in [0.15, 0.2) is 0 Å². The molecule has 1 aromatic heterocycles. The van der Waals surface area contributed by atoms with Crippen LogP contribution in [0.2, 0.25) is 0 Å². The van der Waals surface area contributed by atoms with Gasteiger partial charge in [-0.3, -0.25) is 9.69 Å². The molecule has 41 heavy (non-hydrogen) atoms. The number of aromatic nitrogens is 1. The highest BCUT2D eigenvalue weighted by atomic mass is 19.1. The van der Waals surface area contributed by atoms with Crippen LogP contribution < -0.4 is 14.4 Å². The highest BCUT2D eigenvalue weighted by molar-refractivity contribution is 5.93. The average Bonchev–Trinajstić information content (AvgIpc) is 3.01. The minimum atomic E-state index is -0.305. The van der Waals surface area contributed by atoms with E-state index in [9.17, 15) is 9.18 Å². The number of halogens is 1. The van der Waals surface area contributed by atoms with Gasteiger partial charge in [-0.25, -0.2) is 9.37 Å². The van der Waals surface area contributed by atoms with Crippen molar-refractivity contribution in [3.05, 3.63) is 102 Å². The largest absolute Gasteiger partial charge is 0.490 e. The smallest absolute Gasteiger partial charge is 0.272 e. The van der Waals surface area contributed by atoms with Gasteiger partial charge in [-0.05, 0) is 84.8 Å². The summed E-state index contributed by atoms with van der Waals surface area (Å²) in [6, 6.07) is 25.4. The second kappa shape index (κ2) is 12.0. The molecule has 0 aliphatic carbocycles. The highest BCUT2D eigenvalue weighted by Crippen LogP contribution is 2.31. The van der Waals surface area contributed by atoms with E-state index in [1.54, 1.807) is 18.2 Å². The number of fused-ring (bicyclic) bond motifs is 1. The number of carbonyl (C=O) groups is 1. The number of ether oxygens (including phenoxy) is 2. The van der Waals surface area contributed by atoms with E-state index < -0.39 is 0 Å². The molecule has 1 amide bonds. The number of carbonyl (C=O) groups excluding carboxylic acids is 1. The molecule has 0 unspecified atom stereocenters. The molecule has 0 bridgehead atoms. The maximum Gasteiger partial charge on any atom is 0.272 e. The summed E-state index contributed by atoms with van der Waals surface area (Å²) in [5, 5.41) is 0. The first kappa shape index (κ1) is 26.8. The predicted octanol–water partition coefficient (Wildman–Crippen LogP) is 5.51. The van der Waals surface area contributed by atoms with Crippen molar-refractivity contribution in [1.29, 1.82) is 0 Å². The summed E-state index contributed by atoms with van der Waals surface area (Å²) >= 11 is 0. The monoisotopic (exact) mass is 552 g/mol. The average molecular weight is 553 g/mol. The van der Waals surface area contributed by atoms with Crippen LogP contribution in [0.5, 0.6) is 17.2 Å². The fourth-order valence-electron chi connectivity index (χ4n) is 5.23. The Morgan fingerprint density at radius 1 is 0.902 bits per heavy atom. The molecular weight excluding hydrogens is 519 g/mol. The van der Waals surface area contributed by atoms with Crippen LogP contribution in [0.25, 0.3) is 11.3 Å². The van der Waals surface area contributed by atoms with Crippen molar-refractivity contribution in [3.8, 4) is 28.5 Å². The minimum absolute atomic E-state index is 0.0429. The van der Waals surface area contributed by atoms with Crippen molar-refractivity contribution in [1.82, 2.24) is 14.8 Å². The van der Waals surface area contributed by atoms with E-state index in [2.05, 4.69) is 40.0 Å². The molecule has 0 atom stereocenters. The van der Waals surface area contributed by atoms with Crippen molar-refractivity contribution in [2.24, 2.45) is 0 Å². The fourth-order valence-corrected chi connectivity index (χ4v) is 5.23. The molecule has 1 fully saturated rings. The summed E-state index contributed by atoms with van der Waals surface area (Å²) in [4.78, 5) is 24.5. The van der Waals surface area contributed by atoms with Crippen LogP contribution in [-0.2, 0) is 6.42 Å². The summed E-state index contributed by atoms with van der Waals surface area (Å²) < 4.78 is 24.8. The molecule has 210 valence electrons. The molecule has 7 nitrogen and oxygen atoms in total. The second-order valence-corrected chi connectivity index (χ2v) is 10.4. The van der Waals surface area contributed by atoms with E-state index in [4.69, 9.17) is 9.47 Å². The summed E-state index contributed by atoms with van der Waals surface area (Å²) in [6.45, 7) is 5.62. The molecule has 3 heterocycles. The molecule has 4 aromatic rings. The first-order valence-corrected chi connectivity index (χ1v) is 14.0. The van der Waals surface area contributed by atoms with Crippen LogP contribution in [0.15, 0.2) is 84.9 Å². The lowest BCUT2D eigenvalue weighted by Gasteiger charge is -2.34. The van der Waals surface area contributed by atoms with Gasteiger partial charge in [0, 0.05) is 45.3 Å². The number of piperazine rings is 1. The molecule has 3 aromatic carbocycles. The number of anilines is 1. The van der Waals surface area contributed by atoms with E-state index in [-0.39, 0.29) is 11.7 Å². The van der Waals surface area contributed by atoms with Crippen LogP contribution in [0, 0.1) is 5.82 Å². The normalized spacial score (nSPS) is 15.3. The number of nitrogens with zero attached hydrogens (tertiary/aromatic N) is 4. The fraction of sp³-hybridized carbons (Fsp3) is 0.273. The van der Waals surface area contributed by atoms with E-state index >= 15 is 0 Å². The van der Waals surface area contributed by atoms with Crippen LogP contribution in [0.4, 0.5) is 10.1 Å². The van der Waals surface area contributed by atoms with Crippen molar-refractivity contribution < 1.29 is 18.7 Å². The molecule has 2 aliphatic heterocycles. The van der Waals surface area contributed by atoms with Gasteiger partial charge in [0.25, 0.3) is 5.91 Å². The van der Waals surface area contributed by atoms with Gasteiger partial charge >= 0.3 is 0 Å². The van der Waals surface area contributed by atoms with Crippen molar-refractivity contribution in [3.63, 3.8) is 0 Å². The zero-order chi connectivity index (χ0) is 28.2.